The van der Waals surface area contributed by atoms with Gasteiger partial charge in [0.15, 0.2) is 0 Å². The third-order valence-corrected chi connectivity index (χ3v) is 9.19. The Hall–Kier alpha value is -3.26. The van der Waals surface area contributed by atoms with E-state index >= 15 is 0 Å². The smallest absolute Gasteiger partial charge is 0.231 e. The summed E-state index contributed by atoms with van der Waals surface area (Å²) in [5.74, 6) is 2.88. The molecule has 0 saturated heterocycles. The molecule has 0 spiro atoms. The predicted octanol–water partition coefficient (Wildman–Crippen LogP) is 6.34. The molecule has 0 aliphatic heterocycles. The first-order valence-corrected chi connectivity index (χ1v) is 15.3. The first kappa shape index (κ1) is 29.2. The van der Waals surface area contributed by atoms with Gasteiger partial charge in [0.1, 0.15) is 11.6 Å². The minimum Gasteiger partial charge on any atom is -0.495 e. The van der Waals surface area contributed by atoms with Gasteiger partial charge in [0, 0.05) is 54.7 Å². The lowest BCUT2D eigenvalue weighted by Crippen LogP contribution is -2.42. The maximum Gasteiger partial charge on any atom is 0.231 e. The topological polar surface area (TPSA) is 93.4 Å². The number of aliphatic hydroxyl groups excluding tert-OH is 1. The molecule has 8 heteroatoms. The van der Waals surface area contributed by atoms with E-state index in [1.54, 1.807) is 7.11 Å². The normalized spacial score (nSPS) is 23.0. The van der Waals surface area contributed by atoms with E-state index in [2.05, 4.69) is 37.3 Å². The van der Waals surface area contributed by atoms with Crippen molar-refractivity contribution in [1.82, 2.24) is 19.7 Å². The first-order valence-electron chi connectivity index (χ1n) is 15.3. The van der Waals surface area contributed by atoms with E-state index in [4.69, 9.17) is 14.7 Å². The summed E-state index contributed by atoms with van der Waals surface area (Å²) >= 11 is 0. The van der Waals surface area contributed by atoms with Crippen molar-refractivity contribution in [2.75, 3.05) is 25.2 Å². The van der Waals surface area contributed by atoms with Crippen molar-refractivity contribution in [2.24, 2.45) is 17.8 Å². The summed E-state index contributed by atoms with van der Waals surface area (Å²) in [4.78, 5) is 25.6. The maximum atomic E-state index is 14.1. The fourth-order valence-corrected chi connectivity index (χ4v) is 6.53. The van der Waals surface area contributed by atoms with E-state index < -0.39 is 0 Å². The lowest BCUT2D eigenvalue weighted by molar-refractivity contribution is -0.124. The summed E-state index contributed by atoms with van der Waals surface area (Å²) in [6, 6.07) is 8.46. The van der Waals surface area contributed by atoms with Crippen LogP contribution in [0.25, 0.3) is 11.1 Å². The average molecular weight is 560 g/mol. The second-order valence-corrected chi connectivity index (χ2v) is 12.3. The van der Waals surface area contributed by atoms with Crippen LogP contribution in [-0.4, -0.2) is 51.0 Å². The lowest BCUT2D eigenvalue weighted by atomic mass is 9.79. The van der Waals surface area contributed by atoms with E-state index in [0.717, 1.165) is 85.4 Å². The number of hydrogen-bond donors (Lipinski definition) is 1. The van der Waals surface area contributed by atoms with E-state index in [1.165, 1.54) is 0 Å². The maximum absolute atomic E-state index is 14.1. The number of anilines is 1. The summed E-state index contributed by atoms with van der Waals surface area (Å²) in [6.07, 6.45) is 13.5. The molecular formula is C33H45N5O3. The summed E-state index contributed by atoms with van der Waals surface area (Å²) in [6.45, 7) is 7.12. The predicted molar refractivity (Wildman–Crippen MR) is 161 cm³/mol. The summed E-state index contributed by atoms with van der Waals surface area (Å²) in [5, 5.41) is 14.1. The fourth-order valence-electron chi connectivity index (χ4n) is 6.53. The zero-order chi connectivity index (χ0) is 28.9. The highest BCUT2D eigenvalue weighted by Gasteiger charge is 2.33. The zero-order valence-corrected chi connectivity index (χ0v) is 25.0. The van der Waals surface area contributed by atoms with Gasteiger partial charge in [0.25, 0.3) is 0 Å². The molecule has 2 aliphatic carbocycles. The molecule has 220 valence electrons. The van der Waals surface area contributed by atoms with E-state index in [0.29, 0.717) is 24.3 Å². The number of aliphatic hydroxyl groups is 1. The highest BCUT2D eigenvalue weighted by molar-refractivity contribution is 5.94. The van der Waals surface area contributed by atoms with Gasteiger partial charge in [-0.15, -0.1) is 0 Å². The Labute approximate surface area is 244 Å². The molecule has 1 amide bonds. The molecule has 1 N–H and O–H groups in total. The minimum atomic E-state index is -0.0187. The number of methoxy groups -OCH3 is 1. The number of pyridine rings is 2. The molecule has 0 atom stereocenters. The van der Waals surface area contributed by atoms with Crippen LogP contribution in [0.15, 0.2) is 42.9 Å². The van der Waals surface area contributed by atoms with Gasteiger partial charge in [-0.3, -0.25) is 19.4 Å². The standard InChI is InChI=1S/C33H45N5O3/c1-22(2)38-20-29(18-35-38)28-15-16-34-32(17-28)37(33(40)27-11-7-25(21-39)8-12-27)19-24-5-9-26(10-6-24)30-13-14-31(41-4)23(3)36-30/h13-18,20,22,24-27,39H,5-12,19,21H2,1-4H3. The molecule has 3 heterocycles. The highest BCUT2D eigenvalue weighted by atomic mass is 16.5. The number of carbonyl (C=O) groups excluding carboxylic acids is 1. The van der Waals surface area contributed by atoms with Crippen molar-refractivity contribution >= 4 is 11.7 Å². The van der Waals surface area contributed by atoms with Gasteiger partial charge in [-0.1, -0.05) is 0 Å². The molecule has 0 bridgehead atoms. The summed E-state index contributed by atoms with van der Waals surface area (Å²) < 4.78 is 7.35. The van der Waals surface area contributed by atoms with Gasteiger partial charge >= 0.3 is 0 Å². The van der Waals surface area contributed by atoms with Crippen molar-refractivity contribution in [1.29, 1.82) is 0 Å². The van der Waals surface area contributed by atoms with Crippen LogP contribution in [0.5, 0.6) is 5.75 Å². The Morgan fingerprint density at radius 1 is 1.05 bits per heavy atom. The van der Waals surface area contributed by atoms with Crippen molar-refractivity contribution in [2.45, 2.75) is 84.1 Å². The van der Waals surface area contributed by atoms with Crippen LogP contribution >= 0.6 is 0 Å². The lowest BCUT2D eigenvalue weighted by Gasteiger charge is -2.35. The molecule has 2 aliphatic rings. The second kappa shape index (κ2) is 13.1. The molecule has 2 saturated carbocycles. The fraction of sp³-hybridized carbons (Fsp3) is 0.576. The molecule has 0 unspecified atom stereocenters. The monoisotopic (exact) mass is 559 g/mol. The molecule has 3 aromatic rings. The van der Waals surface area contributed by atoms with Gasteiger partial charge in [-0.05, 0) is 114 Å². The molecule has 0 radical (unpaired) electrons. The number of rotatable bonds is 9. The van der Waals surface area contributed by atoms with Crippen molar-refractivity contribution < 1.29 is 14.6 Å². The van der Waals surface area contributed by atoms with Gasteiger partial charge in [0.05, 0.1) is 19.0 Å². The van der Waals surface area contributed by atoms with Gasteiger partial charge in [-0.2, -0.15) is 5.10 Å². The van der Waals surface area contributed by atoms with E-state index in [9.17, 15) is 9.90 Å². The Morgan fingerprint density at radius 2 is 1.78 bits per heavy atom. The third kappa shape index (κ3) is 6.80. The second-order valence-electron chi connectivity index (χ2n) is 12.3. The zero-order valence-electron chi connectivity index (χ0n) is 25.0. The van der Waals surface area contributed by atoms with Crippen LogP contribution in [0.3, 0.4) is 0 Å². The van der Waals surface area contributed by atoms with Crippen LogP contribution in [0.2, 0.25) is 0 Å². The van der Waals surface area contributed by atoms with Crippen LogP contribution in [-0.2, 0) is 4.79 Å². The van der Waals surface area contributed by atoms with Crippen molar-refractivity contribution in [3.05, 3.63) is 54.2 Å². The minimum absolute atomic E-state index is 0.0187. The highest BCUT2D eigenvalue weighted by Crippen LogP contribution is 2.38. The molecule has 8 nitrogen and oxygen atoms in total. The molecule has 2 fully saturated rings. The number of hydrogen-bond acceptors (Lipinski definition) is 6. The number of aryl methyl sites for hydroxylation is 1. The molecule has 0 aromatic carbocycles. The Bertz CT molecular complexity index is 1310. The largest absolute Gasteiger partial charge is 0.495 e. The van der Waals surface area contributed by atoms with Gasteiger partial charge < -0.3 is 9.84 Å². The van der Waals surface area contributed by atoms with Crippen molar-refractivity contribution in [3.8, 4) is 16.9 Å². The molecule has 41 heavy (non-hydrogen) atoms. The summed E-state index contributed by atoms with van der Waals surface area (Å²) in [7, 11) is 1.68. The number of ether oxygens (including phenoxy) is 1. The van der Waals surface area contributed by atoms with Crippen LogP contribution in [0, 0.1) is 24.7 Å². The Morgan fingerprint density at radius 3 is 2.41 bits per heavy atom. The van der Waals surface area contributed by atoms with Crippen LogP contribution in [0.4, 0.5) is 5.82 Å². The van der Waals surface area contributed by atoms with Crippen LogP contribution in [0.1, 0.15) is 88.6 Å². The third-order valence-electron chi connectivity index (χ3n) is 9.19. The van der Waals surface area contributed by atoms with Gasteiger partial charge in [-0.25, -0.2) is 4.98 Å². The number of amides is 1. The SMILES string of the molecule is COc1ccc(C2CCC(CN(C(=O)C3CCC(CO)CC3)c3cc(-c4cnn(C(C)C)c4)ccn3)CC2)nc1C. The van der Waals surface area contributed by atoms with E-state index in [-0.39, 0.29) is 24.5 Å². The number of nitrogens with zero attached hydrogens (tertiary/aromatic N) is 5. The summed E-state index contributed by atoms with van der Waals surface area (Å²) in [5.41, 5.74) is 4.13. The molecule has 5 rings (SSSR count). The van der Waals surface area contributed by atoms with Crippen molar-refractivity contribution in [3.63, 3.8) is 0 Å². The number of aromatic nitrogens is 4. The first-order chi connectivity index (χ1) is 19.9. The Balaban J connectivity index is 1.33. The van der Waals surface area contributed by atoms with E-state index in [1.807, 2.05) is 41.0 Å². The van der Waals surface area contributed by atoms with Crippen LogP contribution < -0.4 is 9.64 Å². The Kier molecular flexibility index (Phi) is 9.38. The van der Waals surface area contributed by atoms with Gasteiger partial charge in [0.2, 0.25) is 5.91 Å². The molecule has 3 aromatic heterocycles. The quantitative estimate of drug-likeness (QED) is 0.329. The average Bonchev–Trinajstić information content (AvgIpc) is 3.51. The number of carbonyl (C=O) groups is 1. The molecular weight excluding hydrogens is 514 g/mol.